The molecule has 0 spiro atoms. The van der Waals surface area contributed by atoms with Gasteiger partial charge >= 0.3 is 0 Å². The Morgan fingerprint density at radius 2 is 2.10 bits per heavy atom. The molecule has 0 atom stereocenters. The number of rotatable bonds is 9. The second-order valence-electron chi connectivity index (χ2n) is 6.74. The molecule has 3 N–H and O–H groups in total. The number of aryl methyl sites for hydroxylation is 1. The first-order chi connectivity index (χ1) is 15.0. The molecule has 2 aromatic heterocycles. The van der Waals surface area contributed by atoms with Gasteiger partial charge in [-0.05, 0) is 42.7 Å². The highest BCUT2D eigenvalue weighted by Crippen LogP contribution is 2.22. The number of carbonyl (C=O) groups is 1. The lowest BCUT2D eigenvalue weighted by molar-refractivity contribution is 0.0954. The fourth-order valence-electron chi connectivity index (χ4n) is 2.78. The molecule has 0 fully saturated rings. The number of hydrogen-bond acceptors (Lipinski definition) is 7. The SMILES string of the molecule is C=NN(/C=C(\N)c1nc(C)c(C(=O)NCc2cccnc2)s1)CCc1ccc(F)cc1. The molecule has 31 heavy (non-hydrogen) atoms. The topological polar surface area (TPSA) is 96.5 Å². The van der Waals surface area contributed by atoms with E-state index in [-0.39, 0.29) is 11.7 Å². The van der Waals surface area contributed by atoms with Gasteiger partial charge in [-0.1, -0.05) is 18.2 Å². The largest absolute Gasteiger partial charge is 0.395 e. The third kappa shape index (κ3) is 6.19. The first-order valence-electron chi connectivity index (χ1n) is 9.56. The second-order valence-corrected chi connectivity index (χ2v) is 7.74. The van der Waals surface area contributed by atoms with Crippen LogP contribution in [-0.2, 0) is 13.0 Å². The summed E-state index contributed by atoms with van der Waals surface area (Å²) in [7, 11) is 0. The summed E-state index contributed by atoms with van der Waals surface area (Å²) >= 11 is 1.22. The van der Waals surface area contributed by atoms with Gasteiger partial charge in [-0.25, -0.2) is 9.37 Å². The van der Waals surface area contributed by atoms with E-state index in [2.05, 4.69) is 27.1 Å². The van der Waals surface area contributed by atoms with Gasteiger partial charge in [-0.2, -0.15) is 5.10 Å². The fraction of sp³-hybridized carbons (Fsp3) is 0.182. The maximum atomic E-state index is 13.0. The van der Waals surface area contributed by atoms with Crippen molar-refractivity contribution in [2.24, 2.45) is 10.8 Å². The Morgan fingerprint density at radius 1 is 1.32 bits per heavy atom. The van der Waals surface area contributed by atoms with Gasteiger partial charge in [-0.3, -0.25) is 14.8 Å². The smallest absolute Gasteiger partial charge is 0.263 e. The van der Waals surface area contributed by atoms with E-state index in [4.69, 9.17) is 5.73 Å². The highest BCUT2D eigenvalue weighted by Gasteiger charge is 2.17. The molecule has 0 aliphatic heterocycles. The molecule has 0 radical (unpaired) electrons. The Kier molecular flexibility index (Phi) is 7.45. The van der Waals surface area contributed by atoms with Gasteiger partial charge in [-0.15, -0.1) is 11.3 Å². The van der Waals surface area contributed by atoms with Crippen LogP contribution in [0.1, 0.15) is 31.5 Å². The van der Waals surface area contributed by atoms with Gasteiger partial charge in [0.1, 0.15) is 15.7 Å². The number of carbonyl (C=O) groups excluding carboxylic acids is 1. The Labute approximate surface area is 184 Å². The molecule has 160 valence electrons. The molecule has 3 rings (SSSR count). The van der Waals surface area contributed by atoms with Crippen molar-refractivity contribution in [2.75, 3.05) is 6.54 Å². The van der Waals surface area contributed by atoms with Crippen LogP contribution in [0.4, 0.5) is 4.39 Å². The molecule has 0 bridgehead atoms. The molecule has 0 saturated heterocycles. The predicted molar refractivity (Wildman–Crippen MR) is 121 cm³/mol. The summed E-state index contributed by atoms with van der Waals surface area (Å²) in [4.78, 5) is 21.5. The minimum Gasteiger partial charge on any atom is -0.395 e. The van der Waals surface area contributed by atoms with Crippen molar-refractivity contribution < 1.29 is 9.18 Å². The number of nitrogens with two attached hydrogens (primary N) is 1. The van der Waals surface area contributed by atoms with Gasteiger partial charge in [0.25, 0.3) is 5.91 Å². The zero-order valence-electron chi connectivity index (χ0n) is 17.1. The molecular weight excluding hydrogens is 415 g/mol. The molecule has 0 aliphatic rings. The number of hydrogen-bond donors (Lipinski definition) is 2. The maximum absolute atomic E-state index is 13.0. The molecule has 3 aromatic rings. The van der Waals surface area contributed by atoms with Crippen LogP contribution in [0.3, 0.4) is 0 Å². The number of aromatic nitrogens is 2. The van der Waals surface area contributed by atoms with E-state index in [9.17, 15) is 9.18 Å². The van der Waals surface area contributed by atoms with E-state index in [0.717, 1.165) is 11.1 Å². The summed E-state index contributed by atoms with van der Waals surface area (Å²) in [5.41, 5.74) is 9.06. The molecule has 9 heteroatoms. The molecule has 0 unspecified atom stereocenters. The van der Waals surface area contributed by atoms with E-state index in [0.29, 0.717) is 40.8 Å². The van der Waals surface area contributed by atoms with E-state index in [1.807, 2.05) is 12.1 Å². The predicted octanol–water partition coefficient (Wildman–Crippen LogP) is 3.33. The van der Waals surface area contributed by atoms with E-state index < -0.39 is 0 Å². The van der Waals surface area contributed by atoms with Gasteiger partial charge in [0.2, 0.25) is 0 Å². The summed E-state index contributed by atoms with van der Waals surface area (Å²) < 4.78 is 13.0. The molecule has 2 heterocycles. The Balaban J connectivity index is 1.64. The monoisotopic (exact) mass is 438 g/mol. The van der Waals surface area contributed by atoms with E-state index in [1.54, 1.807) is 42.7 Å². The number of benzene rings is 1. The minimum absolute atomic E-state index is 0.215. The minimum atomic E-state index is -0.272. The van der Waals surface area contributed by atoms with Crippen LogP contribution in [0.5, 0.6) is 0 Å². The van der Waals surface area contributed by atoms with Crippen LogP contribution in [0.15, 0.2) is 60.1 Å². The molecule has 7 nitrogen and oxygen atoms in total. The van der Waals surface area contributed by atoms with Crippen LogP contribution in [0.2, 0.25) is 0 Å². The maximum Gasteiger partial charge on any atom is 0.263 e. The lowest BCUT2D eigenvalue weighted by atomic mass is 10.1. The van der Waals surface area contributed by atoms with Crippen molar-refractivity contribution in [2.45, 2.75) is 19.9 Å². The Bertz CT molecular complexity index is 1070. The average molecular weight is 439 g/mol. The van der Waals surface area contributed by atoms with Gasteiger partial charge < -0.3 is 11.1 Å². The number of halogens is 1. The summed E-state index contributed by atoms with van der Waals surface area (Å²) in [5.74, 6) is -0.487. The molecule has 1 amide bonds. The lowest BCUT2D eigenvalue weighted by Crippen LogP contribution is -2.22. The summed E-state index contributed by atoms with van der Waals surface area (Å²) in [6, 6.07) is 10.0. The zero-order valence-corrected chi connectivity index (χ0v) is 17.9. The fourth-order valence-corrected chi connectivity index (χ4v) is 3.69. The Hall–Kier alpha value is -3.59. The quantitative estimate of drug-likeness (QED) is 0.395. The van der Waals surface area contributed by atoms with Crippen molar-refractivity contribution in [3.63, 3.8) is 0 Å². The molecule has 1 aromatic carbocycles. The highest BCUT2D eigenvalue weighted by molar-refractivity contribution is 7.14. The van der Waals surface area contributed by atoms with Crippen LogP contribution in [-0.4, -0.2) is 34.1 Å². The lowest BCUT2D eigenvalue weighted by Gasteiger charge is -2.14. The van der Waals surface area contributed by atoms with E-state index >= 15 is 0 Å². The third-order valence-electron chi connectivity index (χ3n) is 4.44. The number of thiazole rings is 1. The number of hydrazone groups is 1. The zero-order chi connectivity index (χ0) is 22.2. The normalized spacial score (nSPS) is 11.2. The van der Waals surface area contributed by atoms with Gasteiger partial charge in [0, 0.05) is 38.4 Å². The van der Waals surface area contributed by atoms with E-state index in [1.165, 1.54) is 23.5 Å². The molecule has 0 aliphatic carbocycles. The van der Waals surface area contributed by atoms with Crippen molar-refractivity contribution in [1.82, 2.24) is 20.3 Å². The summed E-state index contributed by atoms with van der Waals surface area (Å²) in [6.07, 6.45) is 5.66. The number of pyridine rings is 1. The standard InChI is InChI=1S/C22H23FN6OS/c1-15-20(21(30)27-13-17-4-3-10-26-12-17)31-22(28-15)19(24)14-29(25-2)11-9-16-5-7-18(23)8-6-16/h3-8,10,12,14H,2,9,11,13,24H2,1H3,(H,27,30)/b19-14-. The van der Waals surface area contributed by atoms with Crippen LogP contribution in [0, 0.1) is 12.7 Å². The average Bonchev–Trinajstić information content (AvgIpc) is 3.18. The van der Waals surface area contributed by atoms with Crippen molar-refractivity contribution >= 4 is 29.7 Å². The summed E-state index contributed by atoms with van der Waals surface area (Å²) in [6.45, 7) is 6.23. The number of amides is 1. The van der Waals surface area contributed by atoms with Crippen LogP contribution >= 0.6 is 11.3 Å². The second kappa shape index (κ2) is 10.4. The first kappa shape index (κ1) is 22.1. The van der Waals surface area contributed by atoms with Crippen LogP contribution < -0.4 is 11.1 Å². The Morgan fingerprint density at radius 3 is 2.77 bits per heavy atom. The third-order valence-corrected chi connectivity index (χ3v) is 5.64. The first-order valence-corrected chi connectivity index (χ1v) is 10.4. The number of nitrogens with one attached hydrogen (secondary N) is 1. The van der Waals surface area contributed by atoms with Gasteiger partial charge in [0.05, 0.1) is 11.4 Å². The van der Waals surface area contributed by atoms with Crippen molar-refractivity contribution in [3.05, 3.63) is 87.5 Å². The number of nitrogens with zero attached hydrogens (tertiary/aromatic N) is 4. The molecule has 0 saturated carbocycles. The summed E-state index contributed by atoms with van der Waals surface area (Å²) in [5, 5.41) is 8.95. The van der Waals surface area contributed by atoms with Crippen LogP contribution in [0.25, 0.3) is 5.70 Å². The molecular formula is C22H23FN6OS. The highest BCUT2D eigenvalue weighted by atomic mass is 32.1. The van der Waals surface area contributed by atoms with Crippen molar-refractivity contribution in [1.29, 1.82) is 0 Å². The van der Waals surface area contributed by atoms with Gasteiger partial charge in [0.15, 0.2) is 0 Å². The van der Waals surface area contributed by atoms with Crippen molar-refractivity contribution in [3.8, 4) is 0 Å².